The van der Waals surface area contributed by atoms with E-state index in [-0.39, 0.29) is 39.6 Å². The molecule has 5 aromatic carbocycles. The number of aliphatic hydroxyl groups is 4. The van der Waals surface area contributed by atoms with Crippen LogP contribution in [0, 0.1) is 0 Å². The lowest BCUT2D eigenvalue weighted by molar-refractivity contribution is -0.380. The van der Waals surface area contributed by atoms with Gasteiger partial charge in [0.1, 0.15) is 67.1 Å². The first-order valence-corrected chi connectivity index (χ1v) is 24.1. The van der Waals surface area contributed by atoms with Crippen molar-refractivity contribution in [2.24, 2.45) is 0 Å². The number of hydrogen-bond donors (Lipinski definition) is 5. The van der Waals surface area contributed by atoms with Crippen molar-refractivity contribution in [3.63, 3.8) is 0 Å². The number of aliphatic hydroxyl groups excluding tert-OH is 4. The fourth-order valence-corrected chi connectivity index (χ4v) is 8.98. The molecular formula is C55H65NO15. The van der Waals surface area contributed by atoms with E-state index in [1.807, 2.05) is 159 Å². The highest BCUT2D eigenvalue weighted by atomic mass is 16.8. The summed E-state index contributed by atoms with van der Waals surface area (Å²) in [5.41, 5.74) is 4.43. The van der Waals surface area contributed by atoms with Gasteiger partial charge in [-0.2, -0.15) is 0 Å². The summed E-state index contributed by atoms with van der Waals surface area (Å²) in [6.07, 6.45) is -17.6. The smallest absolute Gasteiger partial charge is 0.217 e. The first-order chi connectivity index (χ1) is 34.6. The molecule has 0 aliphatic carbocycles. The number of amides is 1. The Labute approximate surface area is 414 Å². The standard InChI is InChI=1S/C55H65NO15/c1-35-48(63-30-38-20-10-4-11-21-38)51(64-31-39-22-12-5-13-23-39)52(65-32-40-24-14-6-15-25-40)55(67-35)70-49-43(34-62-29-37-18-8-3-9-19-37)69-53(66-33-41-26-16-7-17-27-41)44(56-36(2)58)50(49)71-54-47(61)46(60)45(59)42(28-57)68-54/h3-27,35,42-55,57,59-61H,28-34H2,1-2H3,(H,56,58). The minimum atomic E-state index is -1.82. The molecule has 15 unspecified atom stereocenters. The van der Waals surface area contributed by atoms with Crippen LogP contribution < -0.4 is 5.32 Å². The molecule has 0 radical (unpaired) electrons. The van der Waals surface area contributed by atoms with Gasteiger partial charge in [0, 0.05) is 6.92 Å². The third-order valence-electron chi connectivity index (χ3n) is 12.7. The number of benzene rings is 5. The van der Waals surface area contributed by atoms with E-state index in [2.05, 4.69) is 5.32 Å². The quantitative estimate of drug-likeness (QED) is 0.0638. The summed E-state index contributed by atoms with van der Waals surface area (Å²) < 4.78 is 66.9. The van der Waals surface area contributed by atoms with Gasteiger partial charge in [0.25, 0.3) is 0 Å². The predicted molar refractivity (Wildman–Crippen MR) is 256 cm³/mol. The SMILES string of the molecule is CC(=O)NC1C(OCc2ccccc2)OC(COCc2ccccc2)C(OC2OC(C)C(OCc3ccccc3)C(OCc3ccccc3)C2OCc2ccccc2)C1OC1OC(CO)C(O)C(O)C1O. The Morgan fingerprint density at radius 1 is 0.479 bits per heavy atom. The lowest BCUT2D eigenvalue weighted by atomic mass is 9.94. The van der Waals surface area contributed by atoms with Crippen molar-refractivity contribution >= 4 is 5.91 Å². The summed E-state index contributed by atoms with van der Waals surface area (Å²) >= 11 is 0. The third kappa shape index (κ3) is 14.2. The fourth-order valence-electron chi connectivity index (χ4n) is 8.98. The van der Waals surface area contributed by atoms with Crippen molar-refractivity contribution in [1.29, 1.82) is 0 Å². The molecule has 0 bridgehead atoms. The Kier molecular flexibility index (Phi) is 19.2. The van der Waals surface area contributed by atoms with Gasteiger partial charge in [-0.1, -0.05) is 152 Å². The molecule has 3 saturated heterocycles. The lowest BCUT2D eigenvalue weighted by Crippen LogP contribution is -2.70. The van der Waals surface area contributed by atoms with Crippen molar-refractivity contribution in [2.45, 2.75) is 139 Å². The number of hydrogen-bond acceptors (Lipinski definition) is 15. The number of carbonyl (C=O) groups excluding carboxylic acids is 1. The molecule has 5 N–H and O–H groups in total. The van der Waals surface area contributed by atoms with E-state index >= 15 is 0 Å². The van der Waals surface area contributed by atoms with E-state index in [0.29, 0.717) is 0 Å². The maximum atomic E-state index is 13.3. The maximum Gasteiger partial charge on any atom is 0.217 e. The topological polar surface area (TPSA) is 202 Å². The Bertz CT molecular complexity index is 2300. The van der Waals surface area contributed by atoms with Crippen molar-refractivity contribution in [3.05, 3.63) is 179 Å². The summed E-state index contributed by atoms with van der Waals surface area (Å²) in [5.74, 6) is -0.480. The Morgan fingerprint density at radius 2 is 0.915 bits per heavy atom. The monoisotopic (exact) mass is 979 g/mol. The van der Waals surface area contributed by atoms with Crippen LogP contribution in [-0.2, 0) is 85.2 Å². The van der Waals surface area contributed by atoms with Crippen LogP contribution in [0.3, 0.4) is 0 Å². The average Bonchev–Trinajstić information content (AvgIpc) is 3.39. The van der Waals surface area contributed by atoms with Gasteiger partial charge in [0.15, 0.2) is 18.9 Å². The van der Waals surface area contributed by atoms with Gasteiger partial charge >= 0.3 is 0 Å². The van der Waals surface area contributed by atoms with Gasteiger partial charge in [0.2, 0.25) is 5.91 Å². The summed E-state index contributed by atoms with van der Waals surface area (Å²) in [6.45, 7) is 3.18. The highest BCUT2D eigenvalue weighted by Gasteiger charge is 2.56. The number of carbonyl (C=O) groups is 1. The first kappa shape index (κ1) is 52.3. The van der Waals surface area contributed by atoms with Crippen LogP contribution in [0.1, 0.15) is 41.7 Å². The van der Waals surface area contributed by atoms with Crippen LogP contribution in [0.4, 0.5) is 0 Å². The summed E-state index contributed by atoms with van der Waals surface area (Å²) in [4.78, 5) is 13.3. The third-order valence-corrected chi connectivity index (χ3v) is 12.7. The molecule has 3 fully saturated rings. The van der Waals surface area contributed by atoms with Gasteiger partial charge in [-0.15, -0.1) is 0 Å². The molecule has 1 amide bonds. The number of rotatable bonds is 22. The van der Waals surface area contributed by atoms with Crippen LogP contribution in [0.15, 0.2) is 152 Å². The van der Waals surface area contributed by atoms with Crippen LogP contribution in [0.25, 0.3) is 0 Å². The second-order valence-corrected chi connectivity index (χ2v) is 18.0. The van der Waals surface area contributed by atoms with Crippen LogP contribution in [0.2, 0.25) is 0 Å². The van der Waals surface area contributed by atoms with Gasteiger partial charge in [-0.3, -0.25) is 4.79 Å². The molecule has 3 aliphatic heterocycles. The maximum absolute atomic E-state index is 13.3. The van der Waals surface area contributed by atoms with Gasteiger partial charge in [0.05, 0.1) is 52.4 Å². The minimum Gasteiger partial charge on any atom is -0.394 e. The molecule has 0 spiro atoms. The zero-order valence-electron chi connectivity index (χ0n) is 39.8. The van der Waals surface area contributed by atoms with Crippen molar-refractivity contribution in [3.8, 4) is 0 Å². The van der Waals surface area contributed by atoms with Gasteiger partial charge in [-0.25, -0.2) is 0 Å². The molecule has 8 rings (SSSR count). The summed E-state index contributed by atoms with van der Waals surface area (Å²) in [5, 5.41) is 46.4. The van der Waals surface area contributed by atoms with Crippen LogP contribution in [0.5, 0.6) is 0 Å². The van der Waals surface area contributed by atoms with Crippen molar-refractivity contribution in [1.82, 2.24) is 5.32 Å². The normalized spacial score (nSPS) is 30.9. The zero-order chi connectivity index (χ0) is 49.5. The molecule has 0 aromatic heterocycles. The molecule has 15 atom stereocenters. The van der Waals surface area contributed by atoms with E-state index in [0.717, 1.165) is 27.8 Å². The molecule has 3 heterocycles. The molecular weight excluding hydrogens is 915 g/mol. The van der Waals surface area contributed by atoms with Crippen molar-refractivity contribution < 1.29 is 72.6 Å². The van der Waals surface area contributed by atoms with Gasteiger partial charge < -0.3 is 73.1 Å². The fraction of sp³-hybridized carbons (Fsp3) is 0.436. The Balaban J connectivity index is 1.19. The molecule has 16 nitrogen and oxygen atoms in total. The van der Waals surface area contributed by atoms with Crippen LogP contribution in [-0.4, -0.2) is 132 Å². The first-order valence-electron chi connectivity index (χ1n) is 24.1. The van der Waals surface area contributed by atoms with E-state index in [9.17, 15) is 25.2 Å². The summed E-state index contributed by atoms with van der Waals surface area (Å²) in [7, 11) is 0. The molecule has 0 saturated carbocycles. The molecule has 71 heavy (non-hydrogen) atoms. The van der Waals surface area contributed by atoms with E-state index < -0.39 is 105 Å². The van der Waals surface area contributed by atoms with Gasteiger partial charge in [-0.05, 0) is 34.7 Å². The predicted octanol–water partition coefficient (Wildman–Crippen LogP) is 4.72. The number of ether oxygens (including phenoxy) is 10. The summed E-state index contributed by atoms with van der Waals surface area (Å²) in [6, 6.07) is 46.9. The highest BCUT2D eigenvalue weighted by molar-refractivity contribution is 5.73. The lowest BCUT2D eigenvalue weighted by Gasteiger charge is -2.51. The van der Waals surface area contributed by atoms with E-state index in [4.69, 9.17) is 47.4 Å². The highest BCUT2D eigenvalue weighted by Crippen LogP contribution is 2.37. The van der Waals surface area contributed by atoms with E-state index in [1.165, 1.54) is 6.92 Å². The van der Waals surface area contributed by atoms with Crippen LogP contribution >= 0.6 is 0 Å². The largest absolute Gasteiger partial charge is 0.394 e. The van der Waals surface area contributed by atoms with Crippen molar-refractivity contribution in [2.75, 3.05) is 13.2 Å². The molecule has 16 heteroatoms. The minimum absolute atomic E-state index is 0.0565. The molecule has 3 aliphatic rings. The Morgan fingerprint density at radius 3 is 1.41 bits per heavy atom. The second-order valence-electron chi connectivity index (χ2n) is 18.0. The Hall–Kier alpha value is -4.99. The molecule has 5 aromatic rings. The average molecular weight is 980 g/mol. The second kappa shape index (κ2) is 26.1. The number of nitrogens with one attached hydrogen (secondary N) is 1. The van der Waals surface area contributed by atoms with E-state index in [1.54, 1.807) is 0 Å². The molecule has 380 valence electrons. The zero-order valence-corrected chi connectivity index (χ0v) is 39.8.